The summed E-state index contributed by atoms with van der Waals surface area (Å²) in [6, 6.07) is 10.7. The molecule has 2 aliphatic rings. The van der Waals surface area contributed by atoms with Crippen LogP contribution < -0.4 is 5.32 Å². The van der Waals surface area contributed by atoms with Crippen LogP contribution in [0, 0.1) is 5.92 Å². The van der Waals surface area contributed by atoms with Gasteiger partial charge in [-0.3, -0.25) is 4.99 Å². The molecule has 3 atom stereocenters. The summed E-state index contributed by atoms with van der Waals surface area (Å²) in [5.74, 6) is 2.74. The highest BCUT2D eigenvalue weighted by Gasteiger charge is 2.28. The lowest BCUT2D eigenvalue weighted by Gasteiger charge is -2.35. The quantitative estimate of drug-likeness (QED) is 0.625. The Kier molecular flexibility index (Phi) is 7.69. The second-order valence-corrected chi connectivity index (χ2v) is 8.55. The van der Waals surface area contributed by atoms with E-state index in [0.29, 0.717) is 5.92 Å². The molecular weight excluding hydrogens is 342 g/mol. The van der Waals surface area contributed by atoms with Crippen LogP contribution in [-0.2, 0) is 4.74 Å². The van der Waals surface area contributed by atoms with Gasteiger partial charge in [-0.1, -0.05) is 37.3 Å². The number of nitrogens with one attached hydrogen (secondary N) is 1. The van der Waals surface area contributed by atoms with Crippen LogP contribution in [0.3, 0.4) is 0 Å². The Labute approximate surface area is 162 Å². The SMILES string of the molecule is CCNC(=NCC1CCCOC1c1ccccc1)N1CCSC(CC)C1. The largest absolute Gasteiger partial charge is 0.373 e. The van der Waals surface area contributed by atoms with Crippen molar-refractivity contribution in [2.24, 2.45) is 10.9 Å². The van der Waals surface area contributed by atoms with E-state index in [1.807, 2.05) is 0 Å². The first-order chi connectivity index (χ1) is 12.8. The van der Waals surface area contributed by atoms with E-state index in [0.717, 1.165) is 50.4 Å². The molecule has 2 saturated heterocycles. The molecule has 2 heterocycles. The molecule has 4 nitrogen and oxygen atoms in total. The van der Waals surface area contributed by atoms with Crippen LogP contribution in [0.4, 0.5) is 0 Å². The molecule has 0 aliphatic carbocycles. The van der Waals surface area contributed by atoms with Crippen LogP contribution in [0.25, 0.3) is 0 Å². The summed E-state index contributed by atoms with van der Waals surface area (Å²) in [6.07, 6.45) is 3.73. The third-order valence-electron chi connectivity index (χ3n) is 5.28. The van der Waals surface area contributed by atoms with Gasteiger partial charge in [-0.15, -0.1) is 0 Å². The lowest BCUT2D eigenvalue weighted by Crippen LogP contribution is -2.48. The Hall–Kier alpha value is -1.20. The summed E-state index contributed by atoms with van der Waals surface area (Å²) in [6.45, 7) is 9.26. The van der Waals surface area contributed by atoms with Gasteiger partial charge in [0.15, 0.2) is 5.96 Å². The van der Waals surface area contributed by atoms with Crippen molar-refractivity contribution in [3.63, 3.8) is 0 Å². The summed E-state index contributed by atoms with van der Waals surface area (Å²) >= 11 is 2.10. The Bertz CT molecular complexity index is 566. The molecule has 0 aromatic heterocycles. The van der Waals surface area contributed by atoms with Crippen LogP contribution in [0.2, 0.25) is 0 Å². The van der Waals surface area contributed by atoms with E-state index >= 15 is 0 Å². The van der Waals surface area contributed by atoms with E-state index in [9.17, 15) is 0 Å². The molecule has 2 aliphatic heterocycles. The second-order valence-electron chi connectivity index (χ2n) is 7.15. The molecule has 0 amide bonds. The molecule has 144 valence electrons. The highest BCUT2D eigenvalue weighted by atomic mass is 32.2. The number of hydrogen-bond donors (Lipinski definition) is 1. The first-order valence-corrected chi connectivity index (χ1v) is 11.2. The van der Waals surface area contributed by atoms with Crippen LogP contribution >= 0.6 is 11.8 Å². The van der Waals surface area contributed by atoms with E-state index in [4.69, 9.17) is 9.73 Å². The van der Waals surface area contributed by atoms with Crippen LogP contribution in [0.15, 0.2) is 35.3 Å². The van der Waals surface area contributed by atoms with Gasteiger partial charge >= 0.3 is 0 Å². The standard InChI is InChI=1S/C21H33N3OS/c1-3-19-16-24(12-14-26-19)21(22-4-2)23-15-18-11-8-13-25-20(18)17-9-6-5-7-10-17/h5-7,9-10,18-20H,3-4,8,11-16H2,1-2H3,(H,22,23). The van der Waals surface area contributed by atoms with E-state index in [1.54, 1.807) is 0 Å². The fraction of sp³-hybridized carbons (Fsp3) is 0.667. The molecule has 0 spiro atoms. The average Bonchev–Trinajstić information content (AvgIpc) is 2.72. The highest BCUT2D eigenvalue weighted by Crippen LogP contribution is 2.33. The summed E-state index contributed by atoms with van der Waals surface area (Å²) in [5, 5.41) is 4.24. The maximum Gasteiger partial charge on any atom is 0.193 e. The first kappa shape index (κ1) is 19.6. The summed E-state index contributed by atoms with van der Waals surface area (Å²) in [7, 11) is 0. The van der Waals surface area contributed by atoms with Crippen molar-refractivity contribution in [3.05, 3.63) is 35.9 Å². The minimum absolute atomic E-state index is 0.178. The Morgan fingerprint density at radius 3 is 2.92 bits per heavy atom. The Morgan fingerprint density at radius 2 is 2.15 bits per heavy atom. The van der Waals surface area contributed by atoms with Crippen molar-refractivity contribution >= 4 is 17.7 Å². The summed E-state index contributed by atoms with van der Waals surface area (Å²) in [5.41, 5.74) is 1.29. The van der Waals surface area contributed by atoms with Gasteiger partial charge in [0, 0.05) is 49.7 Å². The lowest BCUT2D eigenvalue weighted by atomic mass is 9.89. The normalized spacial score (nSPS) is 27.4. The lowest BCUT2D eigenvalue weighted by molar-refractivity contribution is -0.0250. The zero-order chi connectivity index (χ0) is 18.2. The van der Waals surface area contributed by atoms with E-state index in [1.165, 1.54) is 24.2 Å². The van der Waals surface area contributed by atoms with Gasteiger partial charge in [0.2, 0.25) is 0 Å². The second kappa shape index (κ2) is 10.2. The van der Waals surface area contributed by atoms with E-state index in [-0.39, 0.29) is 6.10 Å². The molecular formula is C21H33N3OS. The van der Waals surface area contributed by atoms with Crippen molar-refractivity contribution in [1.82, 2.24) is 10.2 Å². The van der Waals surface area contributed by atoms with Gasteiger partial charge in [0.05, 0.1) is 6.10 Å². The van der Waals surface area contributed by atoms with Gasteiger partial charge in [-0.25, -0.2) is 0 Å². The van der Waals surface area contributed by atoms with Gasteiger partial charge < -0.3 is 15.0 Å². The number of aliphatic imine (C=N–C) groups is 1. The summed E-state index contributed by atoms with van der Waals surface area (Å²) < 4.78 is 6.14. The van der Waals surface area contributed by atoms with Crippen molar-refractivity contribution in [2.75, 3.05) is 38.5 Å². The van der Waals surface area contributed by atoms with Gasteiger partial charge in [-0.05, 0) is 31.7 Å². The molecule has 1 aromatic carbocycles. The minimum atomic E-state index is 0.178. The molecule has 3 unspecified atom stereocenters. The smallest absolute Gasteiger partial charge is 0.193 e. The molecule has 2 fully saturated rings. The number of benzene rings is 1. The average molecular weight is 376 g/mol. The number of thioether (sulfide) groups is 1. The van der Waals surface area contributed by atoms with Gasteiger partial charge in [-0.2, -0.15) is 11.8 Å². The molecule has 3 rings (SSSR count). The monoisotopic (exact) mass is 375 g/mol. The topological polar surface area (TPSA) is 36.9 Å². The Morgan fingerprint density at radius 1 is 1.31 bits per heavy atom. The van der Waals surface area contributed by atoms with Crippen LogP contribution in [0.1, 0.15) is 44.8 Å². The number of ether oxygens (including phenoxy) is 1. The van der Waals surface area contributed by atoms with Crippen LogP contribution in [0.5, 0.6) is 0 Å². The van der Waals surface area contributed by atoms with Gasteiger partial charge in [0.1, 0.15) is 0 Å². The molecule has 0 radical (unpaired) electrons. The predicted molar refractivity (Wildman–Crippen MR) is 112 cm³/mol. The number of guanidine groups is 1. The van der Waals surface area contributed by atoms with Crippen molar-refractivity contribution < 1.29 is 4.74 Å². The predicted octanol–water partition coefficient (Wildman–Crippen LogP) is 3.95. The third-order valence-corrected chi connectivity index (χ3v) is 6.65. The number of nitrogens with zero attached hydrogens (tertiary/aromatic N) is 2. The summed E-state index contributed by atoms with van der Waals surface area (Å²) in [4.78, 5) is 7.50. The zero-order valence-corrected chi connectivity index (χ0v) is 17.0. The fourth-order valence-corrected chi connectivity index (χ4v) is 5.01. The molecule has 26 heavy (non-hydrogen) atoms. The first-order valence-electron chi connectivity index (χ1n) is 10.1. The van der Waals surface area contributed by atoms with E-state index < -0.39 is 0 Å². The van der Waals surface area contributed by atoms with Crippen molar-refractivity contribution in [1.29, 1.82) is 0 Å². The van der Waals surface area contributed by atoms with Crippen LogP contribution in [-0.4, -0.2) is 54.6 Å². The molecule has 1 aromatic rings. The number of rotatable bonds is 5. The zero-order valence-electron chi connectivity index (χ0n) is 16.2. The highest BCUT2D eigenvalue weighted by molar-refractivity contribution is 8.00. The fourth-order valence-electron chi connectivity index (χ4n) is 3.83. The van der Waals surface area contributed by atoms with Crippen molar-refractivity contribution in [3.8, 4) is 0 Å². The molecule has 0 saturated carbocycles. The van der Waals surface area contributed by atoms with Gasteiger partial charge in [0.25, 0.3) is 0 Å². The molecule has 1 N–H and O–H groups in total. The maximum absolute atomic E-state index is 6.14. The molecule has 5 heteroatoms. The third kappa shape index (κ3) is 5.17. The maximum atomic E-state index is 6.14. The van der Waals surface area contributed by atoms with Crippen molar-refractivity contribution in [2.45, 2.75) is 44.5 Å². The van der Waals surface area contributed by atoms with E-state index in [2.05, 4.69) is 66.2 Å². The molecule has 0 bridgehead atoms. The minimum Gasteiger partial charge on any atom is -0.373 e. The Balaban J connectivity index is 1.69. The number of hydrogen-bond acceptors (Lipinski definition) is 3.